The third kappa shape index (κ3) is 3.57. The first-order valence-corrected chi connectivity index (χ1v) is 8.75. The van der Waals surface area contributed by atoms with E-state index in [0.717, 1.165) is 11.3 Å². The molecule has 7 heteroatoms. The number of anilines is 1. The molecule has 1 heterocycles. The number of carbonyl (C=O) groups is 1. The van der Waals surface area contributed by atoms with Crippen LogP contribution in [0.25, 0.3) is 0 Å². The summed E-state index contributed by atoms with van der Waals surface area (Å²) in [4.78, 5) is 14.2. The topological polar surface area (TPSA) is 32.3 Å². The van der Waals surface area contributed by atoms with Crippen LogP contribution in [0.2, 0.25) is 10.0 Å². The molecular formula is C16H13Cl2FN2OS. The largest absolute Gasteiger partial charge is 0.323 e. The fourth-order valence-electron chi connectivity index (χ4n) is 2.41. The Hall–Kier alpha value is -1.43. The zero-order chi connectivity index (χ0) is 16.4. The monoisotopic (exact) mass is 370 g/mol. The van der Waals surface area contributed by atoms with Gasteiger partial charge in [0.1, 0.15) is 11.2 Å². The molecule has 2 aromatic rings. The third-order valence-electron chi connectivity index (χ3n) is 3.48. The molecule has 120 valence electrons. The minimum Gasteiger partial charge on any atom is -0.308 e. The molecule has 0 aromatic heterocycles. The van der Waals surface area contributed by atoms with E-state index < -0.39 is 5.82 Å². The average molecular weight is 371 g/mol. The normalized spacial score (nSPS) is 17.3. The highest BCUT2D eigenvalue weighted by Gasteiger charge is 2.32. The standard InChI is InChI=1S/C16H13Cl2FN2OS/c17-13-6-2-5-12(14(13)18)15-21(7-8-23-15)16(22)20-11-4-1-3-10(19)9-11/h1-6,9,15H,7-8H2,(H,20,22). The molecule has 1 fully saturated rings. The van der Waals surface area contributed by atoms with Crippen LogP contribution in [0.3, 0.4) is 0 Å². The van der Waals surface area contributed by atoms with Gasteiger partial charge >= 0.3 is 6.03 Å². The first kappa shape index (κ1) is 16.4. The molecule has 0 saturated carbocycles. The molecule has 0 radical (unpaired) electrons. The number of nitrogens with zero attached hydrogens (tertiary/aromatic N) is 1. The van der Waals surface area contributed by atoms with Crippen LogP contribution in [0.1, 0.15) is 10.9 Å². The minimum absolute atomic E-state index is 0.213. The molecule has 2 amide bonds. The van der Waals surface area contributed by atoms with Gasteiger partial charge in [0.25, 0.3) is 0 Å². The summed E-state index contributed by atoms with van der Waals surface area (Å²) in [5.74, 6) is 0.400. The second-order valence-corrected chi connectivity index (χ2v) is 6.97. The molecule has 2 aromatic carbocycles. The van der Waals surface area contributed by atoms with E-state index in [1.807, 2.05) is 12.1 Å². The van der Waals surface area contributed by atoms with E-state index in [1.54, 1.807) is 34.9 Å². The van der Waals surface area contributed by atoms with E-state index >= 15 is 0 Å². The lowest BCUT2D eigenvalue weighted by Gasteiger charge is -2.25. The predicted octanol–water partition coefficient (Wildman–Crippen LogP) is 5.41. The van der Waals surface area contributed by atoms with Crippen LogP contribution in [0.4, 0.5) is 14.9 Å². The van der Waals surface area contributed by atoms with E-state index in [9.17, 15) is 9.18 Å². The van der Waals surface area contributed by atoms with Crippen LogP contribution in [-0.4, -0.2) is 23.2 Å². The van der Waals surface area contributed by atoms with Gasteiger partial charge in [0.05, 0.1) is 10.0 Å². The Bertz CT molecular complexity index is 744. The van der Waals surface area contributed by atoms with Gasteiger partial charge in [0.2, 0.25) is 0 Å². The predicted molar refractivity (Wildman–Crippen MR) is 93.8 cm³/mol. The van der Waals surface area contributed by atoms with Crippen LogP contribution in [0.15, 0.2) is 42.5 Å². The summed E-state index contributed by atoms with van der Waals surface area (Å²) >= 11 is 14.0. The van der Waals surface area contributed by atoms with E-state index in [4.69, 9.17) is 23.2 Å². The van der Waals surface area contributed by atoms with E-state index in [2.05, 4.69) is 5.32 Å². The Labute approximate surface area is 147 Å². The van der Waals surface area contributed by atoms with Gasteiger partial charge in [-0.3, -0.25) is 0 Å². The Balaban J connectivity index is 1.81. The van der Waals surface area contributed by atoms with Crippen LogP contribution in [-0.2, 0) is 0 Å². The molecule has 1 aliphatic heterocycles. The minimum atomic E-state index is -0.395. The van der Waals surface area contributed by atoms with Gasteiger partial charge in [0, 0.05) is 23.5 Å². The molecule has 0 aliphatic carbocycles. The Kier molecular flexibility index (Phi) is 4.99. The third-order valence-corrected chi connectivity index (χ3v) is 5.55. The van der Waals surface area contributed by atoms with Gasteiger partial charge in [-0.2, -0.15) is 0 Å². The maximum Gasteiger partial charge on any atom is 0.323 e. The molecule has 3 rings (SSSR count). The quantitative estimate of drug-likeness (QED) is 0.765. The van der Waals surface area contributed by atoms with Gasteiger partial charge in [0.15, 0.2) is 0 Å². The zero-order valence-corrected chi connectivity index (χ0v) is 14.3. The van der Waals surface area contributed by atoms with Crippen molar-refractivity contribution in [3.63, 3.8) is 0 Å². The van der Waals surface area contributed by atoms with E-state index in [-0.39, 0.29) is 11.4 Å². The fraction of sp³-hybridized carbons (Fsp3) is 0.188. The second-order valence-electron chi connectivity index (χ2n) is 5.00. The lowest BCUT2D eigenvalue weighted by molar-refractivity contribution is 0.214. The number of hydrogen-bond donors (Lipinski definition) is 1. The highest BCUT2D eigenvalue weighted by Crippen LogP contribution is 2.42. The van der Waals surface area contributed by atoms with Crippen molar-refractivity contribution in [2.24, 2.45) is 0 Å². The number of urea groups is 1. The summed E-state index contributed by atoms with van der Waals surface area (Å²) in [6.07, 6.45) is 0. The molecule has 1 N–H and O–H groups in total. The van der Waals surface area contributed by atoms with Crippen LogP contribution in [0.5, 0.6) is 0 Å². The maximum atomic E-state index is 13.2. The number of benzene rings is 2. The Morgan fingerprint density at radius 1 is 1.26 bits per heavy atom. The van der Waals surface area contributed by atoms with Crippen molar-refractivity contribution in [3.05, 3.63) is 63.9 Å². The Morgan fingerprint density at radius 2 is 2.04 bits per heavy atom. The Morgan fingerprint density at radius 3 is 2.83 bits per heavy atom. The zero-order valence-electron chi connectivity index (χ0n) is 11.9. The van der Waals surface area contributed by atoms with Gasteiger partial charge < -0.3 is 10.2 Å². The summed E-state index contributed by atoms with van der Waals surface area (Å²) < 4.78 is 13.2. The van der Waals surface area contributed by atoms with E-state index in [0.29, 0.717) is 22.3 Å². The van der Waals surface area contributed by atoms with Gasteiger partial charge in [-0.15, -0.1) is 11.8 Å². The van der Waals surface area contributed by atoms with Crippen LogP contribution >= 0.6 is 35.0 Å². The van der Waals surface area contributed by atoms with Crippen molar-refractivity contribution >= 4 is 46.7 Å². The van der Waals surface area contributed by atoms with Crippen LogP contribution in [0, 0.1) is 5.82 Å². The van der Waals surface area contributed by atoms with Crippen molar-refractivity contribution in [3.8, 4) is 0 Å². The number of amides is 2. The van der Waals surface area contributed by atoms with Crippen LogP contribution < -0.4 is 5.32 Å². The summed E-state index contributed by atoms with van der Waals surface area (Å²) in [6, 6.07) is 10.9. The molecule has 0 spiro atoms. The molecule has 1 atom stereocenters. The summed E-state index contributed by atoms with van der Waals surface area (Å²) in [6.45, 7) is 0.583. The fourth-order valence-corrected chi connectivity index (χ4v) is 4.17. The smallest absolute Gasteiger partial charge is 0.308 e. The maximum absolute atomic E-state index is 13.2. The van der Waals surface area contributed by atoms with Crippen molar-refractivity contribution in [1.82, 2.24) is 4.90 Å². The van der Waals surface area contributed by atoms with Gasteiger partial charge in [-0.05, 0) is 24.3 Å². The second kappa shape index (κ2) is 6.99. The number of nitrogens with one attached hydrogen (secondary N) is 1. The summed E-state index contributed by atoms with van der Waals surface area (Å²) in [7, 11) is 0. The molecule has 0 bridgehead atoms. The first-order chi connectivity index (χ1) is 11.1. The van der Waals surface area contributed by atoms with Crippen molar-refractivity contribution in [2.45, 2.75) is 5.37 Å². The number of thioether (sulfide) groups is 1. The van der Waals surface area contributed by atoms with Crippen molar-refractivity contribution < 1.29 is 9.18 Å². The number of halogens is 3. The van der Waals surface area contributed by atoms with Gasteiger partial charge in [-0.25, -0.2) is 9.18 Å². The average Bonchev–Trinajstić information content (AvgIpc) is 2.99. The molecular weight excluding hydrogens is 358 g/mol. The van der Waals surface area contributed by atoms with E-state index in [1.165, 1.54) is 12.1 Å². The van der Waals surface area contributed by atoms with Crippen molar-refractivity contribution in [1.29, 1.82) is 0 Å². The number of hydrogen-bond acceptors (Lipinski definition) is 2. The number of rotatable bonds is 2. The molecule has 1 saturated heterocycles. The molecule has 1 unspecified atom stereocenters. The highest BCUT2D eigenvalue weighted by molar-refractivity contribution is 7.99. The number of carbonyl (C=O) groups excluding carboxylic acids is 1. The van der Waals surface area contributed by atoms with Crippen molar-refractivity contribution in [2.75, 3.05) is 17.6 Å². The lowest BCUT2D eigenvalue weighted by atomic mass is 10.2. The van der Waals surface area contributed by atoms with Gasteiger partial charge in [-0.1, -0.05) is 41.4 Å². The lowest BCUT2D eigenvalue weighted by Crippen LogP contribution is -2.34. The molecule has 3 nitrogen and oxygen atoms in total. The molecule has 23 heavy (non-hydrogen) atoms. The first-order valence-electron chi connectivity index (χ1n) is 6.95. The SMILES string of the molecule is O=C(Nc1cccc(F)c1)N1CCSC1c1cccc(Cl)c1Cl. The summed E-state index contributed by atoms with van der Waals surface area (Å²) in [5, 5.41) is 3.42. The summed E-state index contributed by atoms with van der Waals surface area (Å²) in [5.41, 5.74) is 1.22. The molecule has 1 aliphatic rings. The highest BCUT2D eigenvalue weighted by atomic mass is 35.5.